The van der Waals surface area contributed by atoms with Gasteiger partial charge < -0.3 is 14.2 Å². The first-order valence-corrected chi connectivity index (χ1v) is 9.68. The summed E-state index contributed by atoms with van der Waals surface area (Å²) in [5, 5.41) is 0.506. The molecule has 0 saturated carbocycles. The van der Waals surface area contributed by atoms with Gasteiger partial charge in [0, 0.05) is 4.47 Å². The molecule has 4 rings (SSSR count). The molecule has 6 heteroatoms. The Kier molecular flexibility index (Phi) is 4.61. The van der Waals surface area contributed by atoms with Gasteiger partial charge in [-0.15, -0.1) is 0 Å². The van der Waals surface area contributed by atoms with Crippen molar-refractivity contribution in [2.24, 2.45) is 0 Å². The van der Waals surface area contributed by atoms with Crippen molar-refractivity contribution >= 4 is 32.8 Å². The SMILES string of the molecule is C[NH+](C)CCN1C(=O)c2oc3ccccc3c(=O)c2[C@@H]1c1ccc(Br)cc1. The van der Waals surface area contributed by atoms with E-state index < -0.39 is 6.04 Å². The van der Waals surface area contributed by atoms with Crippen LogP contribution in [-0.4, -0.2) is 38.0 Å². The van der Waals surface area contributed by atoms with Crippen LogP contribution in [0.1, 0.15) is 27.7 Å². The van der Waals surface area contributed by atoms with E-state index in [1.165, 1.54) is 4.90 Å². The molecular weight excluding hydrogens is 408 g/mol. The van der Waals surface area contributed by atoms with E-state index in [1.54, 1.807) is 23.1 Å². The Bertz CT molecular complexity index is 1070. The third-order valence-electron chi connectivity index (χ3n) is 4.91. The molecule has 1 atom stereocenters. The highest BCUT2D eigenvalue weighted by molar-refractivity contribution is 9.10. The minimum Gasteiger partial charge on any atom is -0.450 e. The zero-order valence-corrected chi connectivity index (χ0v) is 16.7. The number of likely N-dealkylation sites (N-methyl/N-ethyl adjacent to an activating group) is 1. The van der Waals surface area contributed by atoms with Crippen LogP contribution in [0.15, 0.2) is 62.2 Å². The molecule has 27 heavy (non-hydrogen) atoms. The fraction of sp³-hybridized carbons (Fsp3) is 0.238. The Morgan fingerprint density at radius 3 is 2.48 bits per heavy atom. The van der Waals surface area contributed by atoms with Gasteiger partial charge in [0.15, 0.2) is 5.43 Å². The van der Waals surface area contributed by atoms with Gasteiger partial charge in [-0.1, -0.05) is 40.2 Å². The Balaban J connectivity index is 1.93. The van der Waals surface area contributed by atoms with Crippen molar-refractivity contribution in [1.82, 2.24) is 4.90 Å². The van der Waals surface area contributed by atoms with E-state index in [0.717, 1.165) is 16.6 Å². The Hall–Kier alpha value is -2.44. The summed E-state index contributed by atoms with van der Waals surface area (Å²) >= 11 is 3.45. The number of para-hydroxylation sites is 1. The number of fused-ring (bicyclic) bond motifs is 2. The maximum absolute atomic E-state index is 13.2. The molecule has 1 N–H and O–H groups in total. The fourth-order valence-corrected chi connectivity index (χ4v) is 3.80. The average Bonchev–Trinajstić information content (AvgIpc) is 2.93. The van der Waals surface area contributed by atoms with Crippen LogP contribution in [0.2, 0.25) is 0 Å². The highest BCUT2D eigenvalue weighted by Crippen LogP contribution is 2.38. The van der Waals surface area contributed by atoms with Crippen molar-refractivity contribution in [1.29, 1.82) is 0 Å². The maximum atomic E-state index is 13.2. The first-order valence-electron chi connectivity index (χ1n) is 8.88. The third-order valence-corrected chi connectivity index (χ3v) is 5.44. The summed E-state index contributed by atoms with van der Waals surface area (Å²) < 4.78 is 6.85. The molecule has 1 aliphatic rings. The number of hydrogen-bond donors (Lipinski definition) is 1. The molecule has 1 aliphatic heterocycles. The second-order valence-corrected chi connectivity index (χ2v) is 8.00. The van der Waals surface area contributed by atoms with Crippen LogP contribution < -0.4 is 10.3 Å². The molecule has 0 radical (unpaired) electrons. The average molecular weight is 428 g/mol. The minimum atomic E-state index is -0.430. The van der Waals surface area contributed by atoms with Crippen molar-refractivity contribution in [3.8, 4) is 0 Å². The lowest BCUT2D eigenvalue weighted by molar-refractivity contribution is -0.857. The quantitative estimate of drug-likeness (QED) is 0.694. The van der Waals surface area contributed by atoms with Crippen molar-refractivity contribution in [3.63, 3.8) is 0 Å². The molecule has 2 heterocycles. The first kappa shape index (κ1) is 17.9. The van der Waals surface area contributed by atoms with Gasteiger partial charge in [0.1, 0.15) is 5.58 Å². The molecule has 0 spiro atoms. The molecule has 0 bridgehead atoms. The van der Waals surface area contributed by atoms with E-state index in [-0.39, 0.29) is 17.1 Å². The zero-order valence-electron chi connectivity index (χ0n) is 15.2. The predicted molar refractivity (Wildman–Crippen MR) is 107 cm³/mol. The second kappa shape index (κ2) is 6.94. The number of rotatable bonds is 4. The Morgan fingerprint density at radius 1 is 1.07 bits per heavy atom. The molecule has 1 amide bonds. The summed E-state index contributed by atoms with van der Waals surface area (Å²) in [4.78, 5) is 29.4. The Labute approximate surface area is 165 Å². The van der Waals surface area contributed by atoms with Crippen molar-refractivity contribution < 1.29 is 14.1 Å². The zero-order chi connectivity index (χ0) is 19.1. The summed E-state index contributed by atoms with van der Waals surface area (Å²) in [6, 6.07) is 14.4. The van der Waals surface area contributed by atoms with Gasteiger partial charge in [-0.25, -0.2) is 0 Å². The molecule has 5 nitrogen and oxygen atoms in total. The fourth-order valence-electron chi connectivity index (χ4n) is 3.53. The lowest BCUT2D eigenvalue weighted by Crippen LogP contribution is -3.06. The van der Waals surface area contributed by atoms with Crippen molar-refractivity contribution in [2.75, 3.05) is 27.2 Å². The highest BCUT2D eigenvalue weighted by Gasteiger charge is 2.42. The van der Waals surface area contributed by atoms with Gasteiger partial charge in [-0.2, -0.15) is 0 Å². The van der Waals surface area contributed by atoms with E-state index in [0.29, 0.717) is 23.1 Å². The molecule has 0 fully saturated rings. The van der Waals surface area contributed by atoms with E-state index >= 15 is 0 Å². The van der Waals surface area contributed by atoms with Crippen LogP contribution in [0.3, 0.4) is 0 Å². The summed E-state index contributed by atoms with van der Waals surface area (Å²) in [5.74, 6) is -0.0533. The predicted octanol–water partition coefficient (Wildman–Crippen LogP) is 2.25. The molecule has 0 aliphatic carbocycles. The molecule has 0 unspecified atom stereocenters. The van der Waals surface area contributed by atoms with E-state index in [4.69, 9.17) is 4.42 Å². The number of quaternary nitrogens is 1. The highest BCUT2D eigenvalue weighted by atomic mass is 79.9. The lowest BCUT2D eigenvalue weighted by Gasteiger charge is -2.25. The van der Waals surface area contributed by atoms with Crippen LogP contribution >= 0.6 is 15.9 Å². The van der Waals surface area contributed by atoms with Crippen LogP contribution in [-0.2, 0) is 0 Å². The van der Waals surface area contributed by atoms with Crippen LogP contribution in [0.25, 0.3) is 11.0 Å². The molecule has 0 saturated heterocycles. The summed E-state index contributed by atoms with van der Waals surface area (Å²) in [7, 11) is 4.08. The van der Waals surface area contributed by atoms with E-state index in [9.17, 15) is 9.59 Å². The largest absolute Gasteiger partial charge is 0.450 e. The maximum Gasteiger partial charge on any atom is 0.291 e. The number of nitrogens with zero attached hydrogens (tertiary/aromatic N) is 1. The number of halogens is 1. The monoisotopic (exact) mass is 427 g/mol. The van der Waals surface area contributed by atoms with Crippen molar-refractivity contribution in [3.05, 3.63) is 80.1 Å². The van der Waals surface area contributed by atoms with Gasteiger partial charge in [0.25, 0.3) is 5.91 Å². The first-order chi connectivity index (χ1) is 13.0. The second-order valence-electron chi connectivity index (χ2n) is 7.08. The summed E-state index contributed by atoms with van der Waals surface area (Å²) in [6.07, 6.45) is 0. The molecular formula is C21H20BrN2O3+. The van der Waals surface area contributed by atoms with E-state index in [1.807, 2.05) is 44.4 Å². The van der Waals surface area contributed by atoms with E-state index in [2.05, 4.69) is 15.9 Å². The standard InChI is InChI=1S/C21H19BrN2O3/c1-23(2)11-12-24-18(13-7-9-14(22)10-8-13)17-19(25)15-5-3-4-6-16(15)27-20(17)21(24)26/h3-10,18H,11-12H2,1-2H3/p+1/t18-/m0/s1. The molecule has 1 aromatic heterocycles. The normalized spacial score (nSPS) is 16.4. The van der Waals surface area contributed by atoms with Gasteiger partial charge in [0.2, 0.25) is 5.76 Å². The van der Waals surface area contributed by atoms with Crippen molar-refractivity contribution in [2.45, 2.75) is 6.04 Å². The van der Waals surface area contributed by atoms with Crippen LogP contribution in [0.5, 0.6) is 0 Å². The number of carbonyl (C=O) groups excluding carboxylic acids is 1. The van der Waals surface area contributed by atoms with Gasteiger partial charge in [0.05, 0.1) is 44.2 Å². The molecule has 138 valence electrons. The smallest absolute Gasteiger partial charge is 0.291 e. The Morgan fingerprint density at radius 2 is 1.78 bits per heavy atom. The molecule has 3 aromatic rings. The van der Waals surface area contributed by atoms with Gasteiger partial charge in [-0.05, 0) is 29.8 Å². The number of carbonyl (C=O) groups is 1. The minimum absolute atomic E-state index is 0.132. The third kappa shape index (κ3) is 3.09. The number of hydrogen-bond acceptors (Lipinski definition) is 3. The van der Waals surface area contributed by atoms with Gasteiger partial charge >= 0.3 is 0 Å². The number of amides is 1. The van der Waals surface area contributed by atoms with Gasteiger partial charge in [-0.3, -0.25) is 9.59 Å². The number of nitrogens with one attached hydrogen (secondary N) is 1. The molecule has 2 aromatic carbocycles. The van der Waals surface area contributed by atoms with Crippen LogP contribution in [0.4, 0.5) is 0 Å². The summed E-state index contributed by atoms with van der Waals surface area (Å²) in [6.45, 7) is 1.32. The lowest BCUT2D eigenvalue weighted by atomic mass is 9.98. The summed E-state index contributed by atoms with van der Waals surface area (Å²) in [5.41, 5.74) is 1.66. The van der Waals surface area contributed by atoms with Crippen LogP contribution in [0, 0.1) is 0 Å². The topological polar surface area (TPSA) is 55.0 Å². The number of benzene rings is 2.